The van der Waals surface area contributed by atoms with Crippen LogP contribution >= 0.6 is 11.3 Å². The number of fused-ring (bicyclic) bond motifs is 1. The van der Waals surface area contributed by atoms with E-state index in [1.54, 1.807) is 35.7 Å². The molecule has 1 aromatic heterocycles. The molecule has 0 bridgehead atoms. The number of aliphatic hydroxyl groups is 1. The molecular formula is C20H24N2O7S2. The second-order valence-electron chi connectivity index (χ2n) is 7.36. The molecule has 0 radical (unpaired) electrons. The van der Waals surface area contributed by atoms with Gasteiger partial charge in [-0.25, -0.2) is 8.42 Å². The third kappa shape index (κ3) is 5.12. The normalized spacial score (nSPS) is 19.7. The van der Waals surface area contributed by atoms with Crippen LogP contribution in [0.15, 0.2) is 39.9 Å². The highest BCUT2D eigenvalue weighted by molar-refractivity contribution is 7.91. The number of rotatable bonds is 8. The zero-order valence-electron chi connectivity index (χ0n) is 16.7. The first-order valence-corrected chi connectivity index (χ1v) is 12.3. The Balaban J connectivity index is 1.24. The van der Waals surface area contributed by atoms with E-state index in [0.29, 0.717) is 36.6 Å². The maximum atomic E-state index is 12.7. The summed E-state index contributed by atoms with van der Waals surface area (Å²) in [5.74, 6) is 1.03. The van der Waals surface area contributed by atoms with Crippen LogP contribution in [0.4, 0.5) is 0 Å². The number of thiophene rings is 1. The highest BCUT2D eigenvalue weighted by atomic mass is 32.2. The largest absolute Gasteiger partial charge is 0.491 e. The standard InChI is InChI=1S/C20H24N2O7S2/c23-15(12-27-16-5-6-17-18(9-16)29-13-28-17)10-21-20(24)14-3-1-7-22(11-14)31(25,26)19-4-2-8-30-19/h2,4-6,8-9,14-15,23H,1,3,7,10-13H2,(H,21,24). The average molecular weight is 469 g/mol. The van der Waals surface area contributed by atoms with E-state index in [1.807, 2.05) is 0 Å². The molecule has 0 saturated carbocycles. The molecule has 1 aromatic carbocycles. The number of piperidine rings is 1. The van der Waals surface area contributed by atoms with Crippen LogP contribution in [-0.4, -0.2) is 62.9 Å². The van der Waals surface area contributed by atoms with E-state index in [9.17, 15) is 18.3 Å². The summed E-state index contributed by atoms with van der Waals surface area (Å²) in [5.41, 5.74) is 0. The number of hydrogen-bond donors (Lipinski definition) is 2. The number of carbonyl (C=O) groups is 1. The third-order valence-corrected chi connectivity index (χ3v) is 8.38. The first-order valence-electron chi connectivity index (χ1n) is 9.95. The van der Waals surface area contributed by atoms with Gasteiger partial charge in [-0.1, -0.05) is 6.07 Å². The number of sulfonamides is 1. The van der Waals surface area contributed by atoms with Gasteiger partial charge in [0, 0.05) is 25.7 Å². The van der Waals surface area contributed by atoms with Gasteiger partial charge < -0.3 is 24.6 Å². The molecule has 1 saturated heterocycles. The predicted molar refractivity (Wildman–Crippen MR) is 113 cm³/mol. The first-order chi connectivity index (χ1) is 14.9. The van der Waals surface area contributed by atoms with Crippen molar-refractivity contribution in [3.05, 3.63) is 35.7 Å². The van der Waals surface area contributed by atoms with Gasteiger partial charge in [0.2, 0.25) is 12.7 Å². The van der Waals surface area contributed by atoms with Crippen LogP contribution < -0.4 is 19.5 Å². The summed E-state index contributed by atoms with van der Waals surface area (Å²) in [6.07, 6.45) is 0.300. The molecule has 0 spiro atoms. The molecule has 4 rings (SSSR count). The van der Waals surface area contributed by atoms with Crippen LogP contribution in [0.25, 0.3) is 0 Å². The van der Waals surface area contributed by atoms with Gasteiger partial charge in [-0.05, 0) is 36.4 Å². The fourth-order valence-electron chi connectivity index (χ4n) is 3.49. The van der Waals surface area contributed by atoms with Crippen molar-refractivity contribution in [1.29, 1.82) is 0 Å². The zero-order valence-corrected chi connectivity index (χ0v) is 18.4. The number of ether oxygens (including phenoxy) is 3. The van der Waals surface area contributed by atoms with Crippen molar-refractivity contribution in [2.45, 2.75) is 23.2 Å². The molecule has 2 atom stereocenters. The lowest BCUT2D eigenvalue weighted by Gasteiger charge is -2.31. The monoisotopic (exact) mass is 468 g/mol. The summed E-state index contributed by atoms with van der Waals surface area (Å²) in [6.45, 7) is 0.702. The molecule has 1 fully saturated rings. The molecule has 2 N–H and O–H groups in total. The van der Waals surface area contributed by atoms with Crippen LogP contribution in [0, 0.1) is 5.92 Å². The SMILES string of the molecule is O=C(NCC(O)COc1ccc2c(c1)OCO2)C1CCCN(S(=O)(=O)c2cccs2)C1. The Hall–Kier alpha value is -2.34. The van der Waals surface area contributed by atoms with E-state index in [0.717, 1.165) is 0 Å². The lowest BCUT2D eigenvalue weighted by Crippen LogP contribution is -2.46. The van der Waals surface area contributed by atoms with Gasteiger partial charge >= 0.3 is 0 Å². The van der Waals surface area contributed by atoms with Gasteiger partial charge in [0.05, 0.1) is 5.92 Å². The summed E-state index contributed by atoms with van der Waals surface area (Å²) in [4.78, 5) is 12.6. The number of amides is 1. The lowest BCUT2D eigenvalue weighted by molar-refractivity contribution is -0.126. The van der Waals surface area contributed by atoms with Crippen molar-refractivity contribution in [3.63, 3.8) is 0 Å². The van der Waals surface area contributed by atoms with E-state index >= 15 is 0 Å². The summed E-state index contributed by atoms with van der Waals surface area (Å²) in [7, 11) is -3.58. The number of benzene rings is 1. The molecule has 2 aliphatic heterocycles. The van der Waals surface area contributed by atoms with Crippen molar-refractivity contribution < 1.29 is 32.5 Å². The average Bonchev–Trinajstić information content (AvgIpc) is 3.48. The van der Waals surface area contributed by atoms with Crippen LogP contribution in [0.1, 0.15) is 12.8 Å². The molecule has 31 heavy (non-hydrogen) atoms. The number of hydrogen-bond acceptors (Lipinski definition) is 8. The van der Waals surface area contributed by atoms with Crippen molar-refractivity contribution in [2.24, 2.45) is 5.92 Å². The van der Waals surface area contributed by atoms with E-state index in [-0.39, 0.29) is 36.6 Å². The molecule has 11 heteroatoms. The molecule has 9 nitrogen and oxygen atoms in total. The minimum atomic E-state index is -3.58. The molecule has 3 heterocycles. The maximum absolute atomic E-state index is 12.7. The molecule has 0 aliphatic carbocycles. The predicted octanol–water partition coefficient (Wildman–Crippen LogP) is 1.43. The second-order valence-corrected chi connectivity index (χ2v) is 10.5. The van der Waals surface area contributed by atoms with E-state index in [1.165, 1.54) is 15.6 Å². The molecule has 168 valence electrons. The minimum absolute atomic E-state index is 0.0104. The Kier molecular flexibility index (Phi) is 6.65. The van der Waals surface area contributed by atoms with Gasteiger partial charge in [-0.15, -0.1) is 11.3 Å². The molecule has 2 aromatic rings. The summed E-state index contributed by atoms with van der Waals surface area (Å²) in [6, 6.07) is 8.38. The highest BCUT2D eigenvalue weighted by Gasteiger charge is 2.33. The van der Waals surface area contributed by atoms with Gasteiger partial charge in [0.15, 0.2) is 11.5 Å². The van der Waals surface area contributed by atoms with Crippen molar-refractivity contribution in [3.8, 4) is 17.2 Å². The van der Waals surface area contributed by atoms with E-state index in [2.05, 4.69) is 5.32 Å². The van der Waals surface area contributed by atoms with Crippen molar-refractivity contribution in [2.75, 3.05) is 33.0 Å². The number of nitrogens with one attached hydrogen (secondary N) is 1. The minimum Gasteiger partial charge on any atom is -0.491 e. The fraction of sp³-hybridized carbons (Fsp3) is 0.450. The quantitative estimate of drug-likeness (QED) is 0.602. The van der Waals surface area contributed by atoms with Crippen LogP contribution in [0.3, 0.4) is 0 Å². The van der Waals surface area contributed by atoms with Crippen LogP contribution in [0.5, 0.6) is 17.2 Å². The van der Waals surface area contributed by atoms with Crippen LogP contribution in [0.2, 0.25) is 0 Å². The topological polar surface area (TPSA) is 114 Å². The highest BCUT2D eigenvalue weighted by Crippen LogP contribution is 2.35. The Bertz CT molecular complexity index is 1010. The van der Waals surface area contributed by atoms with Gasteiger partial charge in [-0.3, -0.25) is 4.79 Å². The first kappa shape index (κ1) is 21.9. The second kappa shape index (κ2) is 9.43. The smallest absolute Gasteiger partial charge is 0.252 e. The Morgan fingerprint density at radius 3 is 2.97 bits per heavy atom. The fourth-order valence-corrected chi connectivity index (χ4v) is 6.16. The van der Waals surface area contributed by atoms with Crippen LogP contribution in [-0.2, 0) is 14.8 Å². The number of aliphatic hydroxyl groups excluding tert-OH is 1. The summed E-state index contributed by atoms with van der Waals surface area (Å²) < 4.78 is 43.1. The third-order valence-electron chi connectivity index (χ3n) is 5.14. The lowest BCUT2D eigenvalue weighted by atomic mass is 9.99. The van der Waals surface area contributed by atoms with Gasteiger partial charge in [0.1, 0.15) is 22.7 Å². The van der Waals surface area contributed by atoms with Gasteiger partial charge in [-0.2, -0.15) is 4.31 Å². The van der Waals surface area contributed by atoms with Crippen molar-refractivity contribution >= 4 is 27.3 Å². The van der Waals surface area contributed by atoms with Gasteiger partial charge in [0.25, 0.3) is 10.0 Å². The zero-order chi connectivity index (χ0) is 21.8. The Morgan fingerprint density at radius 2 is 2.16 bits per heavy atom. The van der Waals surface area contributed by atoms with E-state index < -0.39 is 22.0 Å². The maximum Gasteiger partial charge on any atom is 0.252 e. The molecule has 2 unspecified atom stereocenters. The molecular weight excluding hydrogens is 444 g/mol. The number of carbonyl (C=O) groups excluding carboxylic acids is 1. The Labute approximate surface area is 184 Å². The van der Waals surface area contributed by atoms with Crippen molar-refractivity contribution in [1.82, 2.24) is 9.62 Å². The van der Waals surface area contributed by atoms with E-state index in [4.69, 9.17) is 14.2 Å². The summed E-state index contributed by atoms with van der Waals surface area (Å²) >= 11 is 1.17. The Morgan fingerprint density at radius 1 is 1.32 bits per heavy atom. The summed E-state index contributed by atoms with van der Waals surface area (Å²) in [5, 5.41) is 14.6. The molecule has 1 amide bonds. The molecule has 2 aliphatic rings. The number of nitrogens with zero attached hydrogens (tertiary/aromatic N) is 1.